The first kappa shape index (κ1) is 33.6. The maximum atomic E-state index is 13.6. The molecule has 3 fully saturated rings. The van der Waals surface area contributed by atoms with Gasteiger partial charge in [-0.15, -0.1) is 13.2 Å². The van der Waals surface area contributed by atoms with E-state index in [1.54, 1.807) is 25.4 Å². The van der Waals surface area contributed by atoms with Crippen LogP contribution in [0, 0.1) is 11.8 Å². The standard InChI is InChI=1S/C36H40F3N7O4/c1-44-21-29(28-19-40-43-33(28)35(44)49)24-2-3-25(31(18-24)50-36(37,38)39)20-45-14-10-22(11-15-45)23-12-16-46(17-13-23)27-6-4-26(5-7-27)41-30-8-9-32(47)42-34(30)48/h2-7,18-19,21-23,30,41H,8-17,20H2,1H3,(H,40,43)(H,42,47,48). The number of benzene rings is 2. The lowest BCUT2D eigenvalue weighted by Gasteiger charge is -2.41. The molecule has 0 saturated carbocycles. The molecule has 1 unspecified atom stereocenters. The van der Waals surface area contributed by atoms with Crippen molar-refractivity contribution < 1.29 is 27.5 Å². The quantitative estimate of drug-likeness (QED) is 0.216. The molecular formula is C36H40F3N7O4. The SMILES string of the molecule is Cn1cc(-c2ccc(CN3CCC(C4CCN(c5ccc(NC6CCC(=O)NC6=O)cc5)CC4)CC3)c(OC(F)(F)F)c2)c2cn[nH]c2c1=O. The van der Waals surface area contributed by atoms with Gasteiger partial charge in [-0.2, -0.15) is 5.10 Å². The third-order valence-electron chi connectivity index (χ3n) is 10.4. The number of H-pyrrole nitrogens is 1. The van der Waals surface area contributed by atoms with Crippen LogP contribution in [-0.2, 0) is 23.2 Å². The lowest BCUT2D eigenvalue weighted by molar-refractivity contribution is -0.275. The van der Waals surface area contributed by atoms with E-state index in [0.717, 1.165) is 63.2 Å². The average molecular weight is 692 g/mol. The third kappa shape index (κ3) is 7.35. The minimum atomic E-state index is -4.85. The molecule has 14 heteroatoms. The van der Waals surface area contributed by atoms with Gasteiger partial charge in [-0.3, -0.25) is 29.7 Å². The summed E-state index contributed by atoms with van der Waals surface area (Å²) in [5, 5.41) is 12.8. The Labute approximate surface area is 286 Å². The number of aromatic nitrogens is 3. The van der Waals surface area contributed by atoms with Gasteiger partial charge >= 0.3 is 6.36 Å². The number of amides is 2. The molecule has 50 heavy (non-hydrogen) atoms. The first-order chi connectivity index (χ1) is 24.0. The van der Waals surface area contributed by atoms with Crippen molar-refractivity contribution in [3.05, 3.63) is 70.8 Å². The van der Waals surface area contributed by atoms with Crippen LogP contribution in [-0.4, -0.2) is 70.1 Å². The number of halogens is 3. The van der Waals surface area contributed by atoms with E-state index in [-0.39, 0.29) is 28.6 Å². The number of nitrogens with one attached hydrogen (secondary N) is 3. The van der Waals surface area contributed by atoms with Gasteiger partial charge in [0.25, 0.3) is 5.56 Å². The summed E-state index contributed by atoms with van der Waals surface area (Å²) in [4.78, 5) is 40.6. The van der Waals surface area contributed by atoms with Crippen molar-refractivity contribution in [2.45, 2.75) is 57.5 Å². The van der Waals surface area contributed by atoms with E-state index in [9.17, 15) is 27.6 Å². The van der Waals surface area contributed by atoms with E-state index < -0.39 is 12.4 Å². The maximum Gasteiger partial charge on any atom is 0.573 e. The van der Waals surface area contributed by atoms with Gasteiger partial charge in [0.15, 0.2) is 0 Å². The smallest absolute Gasteiger partial charge is 0.405 e. The van der Waals surface area contributed by atoms with Crippen LogP contribution in [0.3, 0.4) is 0 Å². The zero-order valence-corrected chi connectivity index (χ0v) is 27.8. The molecule has 4 aromatic rings. The topological polar surface area (TPSA) is 125 Å². The Bertz CT molecular complexity index is 1920. The lowest BCUT2D eigenvalue weighted by Crippen LogP contribution is -2.47. The summed E-state index contributed by atoms with van der Waals surface area (Å²) < 4.78 is 46.6. The number of hydrogen-bond donors (Lipinski definition) is 3. The van der Waals surface area contributed by atoms with Crippen molar-refractivity contribution in [1.82, 2.24) is 25.0 Å². The highest BCUT2D eigenvalue weighted by atomic mass is 19.4. The van der Waals surface area contributed by atoms with Crippen LogP contribution in [0.15, 0.2) is 59.7 Å². The van der Waals surface area contributed by atoms with Crippen LogP contribution >= 0.6 is 0 Å². The van der Waals surface area contributed by atoms with Crippen LogP contribution in [0.5, 0.6) is 5.75 Å². The van der Waals surface area contributed by atoms with Crippen LogP contribution in [0.1, 0.15) is 44.1 Å². The molecule has 5 heterocycles. The molecule has 7 rings (SSSR count). The van der Waals surface area contributed by atoms with Gasteiger partial charge in [0.05, 0.1) is 6.20 Å². The van der Waals surface area contributed by atoms with E-state index in [1.807, 2.05) is 12.1 Å². The number of nitrogens with zero attached hydrogens (tertiary/aromatic N) is 4. The largest absolute Gasteiger partial charge is 0.573 e. The second-order valence-corrected chi connectivity index (χ2v) is 13.6. The molecule has 0 spiro atoms. The van der Waals surface area contributed by atoms with Gasteiger partial charge in [-0.1, -0.05) is 12.1 Å². The van der Waals surface area contributed by atoms with Crippen molar-refractivity contribution >= 4 is 34.1 Å². The number of piperidine rings is 3. The van der Waals surface area contributed by atoms with E-state index >= 15 is 0 Å². The number of anilines is 2. The average Bonchev–Trinajstić information content (AvgIpc) is 3.59. The maximum absolute atomic E-state index is 13.6. The summed E-state index contributed by atoms with van der Waals surface area (Å²) in [5.41, 5.74) is 3.55. The van der Waals surface area contributed by atoms with Gasteiger partial charge in [0, 0.05) is 67.2 Å². The van der Waals surface area contributed by atoms with E-state index in [4.69, 9.17) is 0 Å². The Morgan fingerprint density at radius 3 is 2.32 bits per heavy atom. The predicted octanol–water partition coefficient (Wildman–Crippen LogP) is 5.17. The van der Waals surface area contributed by atoms with Gasteiger partial charge < -0.3 is 19.5 Å². The third-order valence-corrected chi connectivity index (χ3v) is 10.4. The molecule has 3 N–H and O–H groups in total. The fraction of sp³-hybridized carbons (Fsp3) is 0.444. The van der Waals surface area contributed by atoms with E-state index in [0.29, 0.717) is 53.3 Å². The summed E-state index contributed by atoms with van der Waals surface area (Å²) in [6.07, 6.45) is 3.22. The second-order valence-electron chi connectivity index (χ2n) is 13.6. The molecule has 2 aromatic carbocycles. The Morgan fingerprint density at radius 2 is 1.64 bits per heavy atom. The van der Waals surface area contributed by atoms with Gasteiger partial charge in [0.1, 0.15) is 17.3 Å². The molecule has 3 aliphatic heterocycles. The fourth-order valence-corrected chi connectivity index (χ4v) is 7.71. The molecule has 3 aliphatic rings. The van der Waals surface area contributed by atoms with Crippen LogP contribution in [0.2, 0.25) is 0 Å². The number of fused-ring (bicyclic) bond motifs is 1. The van der Waals surface area contributed by atoms with Crippen LogP contribution < -0.4 is 25.8 Å². The molecule has 2 aromatic heterocycles. The Kier molecular flexibility index (Phi) is 9.29. The van der Waals surface area contributed by atoms with Gasteiger partial charge in [-0.05, 0) is 92.9 Å². The number of ether oxygens (including phenoxy) is 1. The minimum Gasteiger partial charge on any atom is -0.405 e. The summed E-state index contributed by atoms with van der Waals surface area (Å²) >= 11 is 0. The molecule has 3 saturated heterocycles. The molecule has 0 aliphatic carbocycles. The Hall–Kier alpha value is -4.85. The van der Waals surface area contributed by atoms with Crippen molar-refractivity contribution in [1.29, 1.82) is 0 Å². The highest BCUT2D eigenvalue weighted by molar-refractivity contribution is 6.01. The minimum absolute atomic E-state index is 0.231. The molecular weight excluding hydrogens is 651 g/mol. The summed E-state index contributed by atoms with van der Waals surface area (Å²) in [7, 11) is 1.59. The second kappa shape index (κ2) is 13.8. The zero-order valence-electron chi connectivity index (χ0n) is 27.8. The van der Waals surface area contributed by atoms with Gasteiger partial charge in [0.2, 0.25) is 11.8 Å². The first-order valence-corrected chi connectivity index (χ1v) is 17.1. The number of pyridine rings is 1. The number of aryl methyl sites for hydroxylation is 1. The summed E-state index contributed by atoms with van der Waals surface area (Å²) in [5.74, 6) is 0.416. The number of alkyl halides is 3. The predicted molar refractivity (Wildman–Crippen MR) is 183 cm³/mol. The number of carbonyl (C=O) groups is 2. The number of carbonyl (C=O) groups excluding carboxylic acids is 2. The van der Waals surface area contributed by atoms with Crippen LogP contribution in [0.4, 0.5) is 24.5 Å². The van der Waals surface area contributed by atoms with E-state index in [1.165, 1.54) is 16.8 Å². The van der Waals surface area contributed by atoms with Crippen molar-refractivity contribution in [2.24, 2.45) is 18.9 Å². The lowest BCUT2D eigenvalue weighted by atomic mass is 9.78. The van der Waals surface area contributed by atoms with Gasteiger partial charge in [-0.25, -0.2) is 0 Å². The molecule has 11 nitrogen and oxygen atoms in total. The molecule has 264 valence electrons. The molecule has 0 bridgehead atoms. The Morgan fingerprint density at radius 1 is 0.940 bits per heavy atom. The molecule has 2 amide bonds. The van der Waals surface area contributed by atoms with Crippen molar-refractivity contribution in [2.75, 3.05) is 36.4 Å². The number of hydrogen-bond acceptors (Lipinski definition) is 8. The normalized spacial score (nSPS) is 19.9. The number of rotatable bonds is 8. The van der Waals surface area contributed by atoms with Crippen molar-refractivity contribution in [3.63, 3.8) is 0 Å². The summed E-state index contributed by atoms with van der Waals surface area (Å²) in [6, 6.07) is 12.5. The highest BCUT2D eigenvalue weighted by Gasteiger charge is 2.34. The molecule has 0 radical (unpaired) electrons. The Balaban J connectivity index is 0.938. The number of imide groups is 1. The van der Waals surface area contributed by atoms with Crippen molar-refractivity contribution in [3.8, 4) is 16.9 Å². The van der Waals surface area contributed by atoms with E-state index in [2.05, 4.69) is 47.5 Å². The summed E-state index contributed by atoms with van der Waals surface area (Å²) in [6.45, 7) is 3.86. The number of likely N-dealkylation sites (tertiary alicyclic amines) is 1. The fourth-order valence-electron chi connectivity index (χ4n) is 7.71. The first-order valence-electron chi connectivity index (χ1n) is 17.1. The zero-order chi connectivity index (χ0) is 35.0. The number of aromatic amines is 1. The molecule has 1 atom stereocenters. The highest BCUT2D eigenvalue weighted by Crippen LogP contribution is 2.37. The monoisotopic (exact) mass is 691 g/mol. The van der Waals surface area contributed by atoms with Crippen LogP contribution in [0.25, 0.3) is 22.0 Å².